The van der Waals surface area contributed by atoms with E-state index in [1.54, 1.807) is 14.2 Å². The molecule has 1 saturated heterocycles. The first-order valence-corrected chi connectivity index (χ1v) is 10.6. The van der Waals surface area contributed by atoms with E-state index in [2.05, 4.69) is 10.1 Å². The Morgan fingerprint density at radius 2 is 1.87 bits per heavy atom. The summed E-state index contributed by atoms with van der Waals surface area (Å²) in [6.45, 7) is 0.702. The van der Waals surface area contributed by atoms with Crippen molar-refractivity contribution in [3.05, 3.63) is 60.0 Å². The molecule has 0 unspecified atom stereocenters. The second-order valence-electron chi connectivity index (χ2n) is 8.12. The van der Waals surface area contributed by atoms with Gasteiger partial charge < -0.3 is 18.9 Å². The Kier molecular flexibility index (Phi) is 4.88. The molecular formula is C24H25N3O4. The third-order valence-electron chi connectivity index (χ3n) is 6.39. The first-order valence-electron chi connectivity index (χ1n) is 10.6. The Labute approximate surface area is 181 Å². The summed E-state index contributed by atoms with van der Waals surface area (Å²) in [6.07, 6.45) is 3.45. The SMILES string of the molecule is COc1ccc(C2(C(=O)N3CCC[C@@H]3c3nc(-c4ccccc4OC)no3)CC2)cc1. The van der Waals surface area contributed by atoms with Crippen LogP contribution in [0, 0.1) is 0 Å². The Hall–Kier alpha value is -3.35. The molecule has 1 aliphatic carbocycles. The molecule has 7 heteroatoms. The molecule has 31 heavy (non-hydrogen) atoms. The van der Waals surface area contributed by atoms with Crippen molar-refractivity contribution in [3.8, 4) is 22.9 Å². The maximum Gasteiger partial charge on any atom is 0.249 e. The van der Waals surface area contributed by atoms with Crippen LogP contribution >= 0.6 is 0 Å². The fraction of sp³-hybridized carbons (Fsp3) is 0.375. The second kappa shape index (κ2) is 7.72. The molecule has 0 spiro atoms. The van der Waals surface area contributed by atoms with Crippen molar-refractivity contribution in [3.63, 3.8) is 0 Å². The number of benzene rings is 2. The molecule has 1 saturated carbocycles. The van der Waals surface area contributed by atoms with Crippen LogP contribution in [0.3, 0.4) is 0 Å². The van der Waals surface area contributed by atoms with Crippen molar-refractivity contribution in [1.29, 1.82) is 0 Å². The monoisotopic (exact) mass is 419 g/mol. The molecule has 0 bridgehead atoms. The molecule has 2 heterocycles. The number of carbonyl (C=O) groups excluding carboxylic acids is 1. The van der Waals surface area contributed by atoms with Crippen LogP contribution in [0.1, 0.15) is 43.2 Å². The second-order valence-corrected chi connectivity index (χ2v) is 8.12. The van der Waals surface area contributed by atoms with Crippen LogP contribution in [0.2, 0.25) is 0 Å². The minimum atomic E-state index is -0.444. The first-order chi connectivity index (χ1) is 15.2. The molecule has 2 aliphatic rings. The van der Waals surface area contributed by atoms with Gasteiger partial charge in [-0.2, -0.15) is 4.98 Å². The van der Waals surface area contributed by atoms with E-state index in [9.17, 15) is 4.79 Å². The van der Waals surface area contributed by atoms with E-state index >= 15 is 0 Å². The number of carbonyl (C=O) groups is 1. The summed E-state index contributed by atoms with van der Waals surface area (Å²) in [5.41, 5.74) is 1.37. The van der Waals surface area contributed by atoms with Crippen molar-refractivity contribution in [1.82, 2.24) is 15.0 Å². The molecule has 0 radical (unpaired) electrons. The lowest BCUT2D eigenvalue weighted by atomic mass is 9.94. The number of methoxy groups -OCH3 is 2. The minimum absolute atomic E-state index is 0.150. The van der Waals surface area contributed by atoms with Gasteiger partial charge in [-0.05, 0) is 55.5 Å². The Bertz CT molecular complexity index is 1090. The third-order valence-corrected chi connectivity index (χ3v) is 6.39. The molecule has 1 aliphatic heterocycles. The van der Waals surface area contributed by atoms with E-state index in [1.165, 1.54) is 0 Å². The normalized spacial score (nSPS) is 19.3. The molecule has 0 N–H and O–H groups in total. The van der Waals surface area contributed by atoms with Gasteiger partial charge in [0.1, 0.15) is 17.5 Å². The van der Waals surface area contributed by atoms with Crippen LogP contribution in [0.5, 0.6) is 11.5 Å². The van der Waals surface area contributed by atoms with Gasteiger partial charge in [-0.25, -0.2) is 0 Å². The van der Waals surface area contributed by atoms with Gasteiger partial charge in [0, 0.05) is 6.54 Å². The Balaban J connectivity index is 1.40. The van der Waals surface area contributed by atoms with Crippen molar-refractivity contribution in [2.75, 3.05) is 20.8 Å². The van der Waals surface area contributed by atoms with Crippen molar-refractivity contribution >= 4 is 5.91 Å². The predicted molar refractivity (Wildman–Crippen MR) is 114 cm³/mol. The maximum atomic E-state index is 13.6. The molecule has 5 rings (SSSR count). The highest BCUT2D eigenvalue weighted by Gasteiger charge is 2.55. The zero-order chi connectivity index (χ0) is 21.4. The Morgan fingerprint density at radius 1 is 1.10 bits per heavy atom. The lowest BCUT2D eigenvalue weighted by Crippen LogP contribution is -2.39. The molecule has 1 atom stereocenters. The number of hydrogen-bond acceptors (Lipinski definition) is 6. The molecule has 1 aromatic heterocycles. The van der Waals surface area contributed by atoms with Crippen molar-refractivity contribution in [2.45, 2.75) is 37.1 Å². The third kappa shape index (κ3) is 3.34. The molecule has 3 aromatic rings. The van der Waals surface area contributed by atoms with E-state index in [1.807, 2.05) is 53.4 Å². The van der Waals surface area contributed by atoms with Gasteiger partial charge in [0.25, 0.3) is 0 Å². The fourth-order valence-corrected chi connectivity index (χ4v) is 4.51. The number of aromatic nitrogens is 2. The summed E-state index contributed by atoms with van der Waals surface area (Å²) in [5.74, 6) is 2.59. The molecule has 2 fully saturated rings. The fourth-order valence-electron chi connectivity index (χ4n) is 4.51. The summed E-state index contributed by atoms with van der Waals surface area (Å²) >= 11 is 0. The van der Waals surface area contributed by atoms with Gasteiger partial charge in [-0.1, -0.05) is 29.4 Å². The van der Waals surface area contributed by atoms with Gasteiger partial charge in [0.05, 0.1) is 25.2 Å². The molecule has 1 amide bonds. The van der Waals surface area contributed by atoms with Crippen LogP contribution in [-0.4, -0.2) is 41.7 Å². The van der Waals surface area contributed by atoms with E-state index in [-0.39, 0.29) is 11.9 Å². The van der Waals surface area contributed by atoms with Crippen LogP contribution < -0.4 is 9.47 Å². The van der Waals surface area contributed by atoms with Crippen molar-refractivity contribution < 1.29 is 18.8 Å². The standard InChI is InChI=1S/C24H25N3O4/c1-29-17-11-9-16(10-12-17)24(13-14-24)23(28)27-15-5-7-19(27)22-25-21(26-31-22)18-6-3-4-8-20(18)30-2/h3-4,6,8-12,19H,5,7,13-15H2,1-2H3/t19-/m1/s1. The maximum absolute atomic E-state index is 13.6. The van der Waals surface area contributed by atoms with Crippen molar-refractivity contribution in [2.24, 2.45) is 0 Å². The number of likely N-dealkylation sites (tertiary alicyclic amines) is 1. The Morgan fingerprint density at radius 3 is 2.58 bits per heavy atom. The number of amides is 1. The summed E-state index contributed by atoms with van der Waals surface area (Å²) < 4.78 is 16.3. The van der Waals surface area contributed by atoms with E-state index in [4.69, 9.17) is 14.0 Å². The average molecular weight is 419 g/mol. The molecule has 2 aromatic carbocycles. The van der Waals surface area contributed by atoms with Gasteiger partial charge in [-0.3, -0.25) is 4.79 Å². The zero-order valence-electron chi connectivity index (χ0n) is 17.7. The highest BCUT2D eigenvalue weighted by Crippen LogP contribution is 2.51. The van der Waals surface area contributed by atoms with Crippen LogP contribution in [0.25, 0.3) is 11.4 Å². The summed E-state index contributed by atoms with van der Waals surface area (Å²) in [4.78, 5) is 20.2. The van der Waals surface area contributed by atoms with Gasteiger partial charge >= 0.3 is 0 Å². The minimum Gasteiger partial charge on any atom is -0.497 e. The number of ether oxygens (including phenoxy) is 2. The lowest BCUT2D eigenvalue weighted by Gasteiger charge is -2.27. The number of rotatable bonds is 6. The molecule has 160 valence electrons. The average Bonchev–Trinajstić information content (AvgIpc) is 3.24. The van der Waals surface area contributed by atoms with Crippen LogP contribution in [-0.2, 0) is 10.2 Å². The van der Waals surface area contributed by atoms with E-state index in [0.717, 1.165) is 42.6 Å². The smallest absolute Gasteiger partial charge is 0.249 e. The van der Waals surface area contributed by atoms with Crippen LogP contribution in [0.15, 0.2) is 53.1 Å². The van der Waals surface area contributed by atoms with Crippen LogP contribution in [0.4, 0.5) is 0 Å². The van der Waals surface area contributed by atoms with Gasteiger partial charge in [-0.15, -0.1) is 0 Å². The summed E-state index contributed by atoms with van der Waals surface area (Å²) in [7, 11) is 3.26. The highest BCUT2D eigenvalue weighted by molar-refractivity contribution is 5.91. The van der Waals surface area contributed by atoms with Gasteiger partial charge in [0.2, 0.25) is 17.6 Å². The quantitative estimate of drug-likeness (QED) is 0.597. The van der Waals surface area contributed by atoms with Gasteiger partial charge in [0.15, 0.2) is 0 Å². The lowest BCUT2D eigenvalue weighted by molar-refractivity contribution is -0.135. The largest absolute Gasteiger partial charge is 0.497 e. The summed E-state index contributed by atoms with van der Waals surface area (Å²) in [5, 5.41) is 4.17. The topological polar surface area (TPSA) is 77.7 Å². The highest BCUT2D eigenvalue weighted by atomic mass is 16.5. The zero-order valence-corrected chi connectivity index (χ0v) is 17.7. The first kappa shape index (κ1) is 19.6. The van der Waals surface area contributed by atoms with E-state index in [0.29, 0.717) is 24.0 Å². The number of hydrogen-bond donors (Lipinski definition) is 0. The number of nitrogens with zero attached hydrogens (tertiary/aromatic N) is 3. The summed E-state index contributed by atoms with van der Waals surface area (Å²) in [6, 6.07) is 15.2. The predicted octanol–water partition coefficient (Wildman–Crippen LogP) is 4.15. The molecule has 7 nitrogen and oxygen atoms in total. The molecular weight excluding hydrogens is 394 g/mol. The number of para-hydroxylation sites is 1. The van der Waals surface area contributed by atoms with E-state index < -0.39 is 5.41 Å².